The minimum absolute atomic E-state index is 0.155. The van der Waals surface area contributed by atoms with Crippen molar-refractivity contribution in [3.05, 3.63) is 41.5 Å². The van der Waals surface area contributed by atoms with Crippen LogP contribution in [0.3, 0.4) is 0 Å². The first-order chi connectivity index (χ1) is 12.7. The van der Waals surface area contributed by atoms with Gasteiger partial charge in [0, 0.05) is 25.1 Å². The van der Waals surface area contributed by atoms with E-state index in [4.69, 9.17) is 9.26 Å². The Morgan fingerprint density at radius 2 is 1.96 bits per heavy atom. The molecule has 1 aliphatic carbocycles. The zero-order valence-electron chi connectivity index (χ0n) is 15.2. The Bertz CT molecular complexity index is 754. The number of ether oxygens (including phenoxy) is 1. The number of aryl methyl sites for hydroxylation is 1. The van der Waals surface area contributed by atoms with Crippen molar-refractivity contribution < 1.29 is 14.1 Å². The number of likely N-dealkylation sites (tertiary alicyclic amines) is 1. The molecule has 2 atom stereocenters. The lowest BCUT2D eigenvalue weighted by atomic mass is 9.78. The molecule has 1 saturated carbocycles. The molecule has 4 rings (SSSR count). The first kappa shape index (κ1) is 17.1. The summed E-state index contributed by atoms with van der Waals surface area (Å²) in [5.41, 5.74) is 0.735. The van der Waals surface area contributed by atoms with E-state index in [0.717, 1.165) is 24.9 Å². The van der Waals surface area contributed by atoms with Crippen molar-refractivity contribution in [2.75, 3.05) is 6.54 Å². The number of rotatable bonds is 4. The Balaban J connectivity index is 1.40. The van der Waals surface area contributed by atoms with Gasteiger partial charge in [-0.3, -0.25) is 4.79 Å². The second-order valence-electron chi connectivity index (χ2n) is 7.30. The molecule has 1 aliphatic heterocycles. The van der Waals surface area contributed by atoms with E-state index in [2.05, 4.69) is 15.0 Å². The maximum Gasteiger partial charge on any atom is 0.254 e. The van der Waals surface area contributed by atoms with Gasteiger partial charge >= 0.3 is 0 Å². The van der Waals surface area contributed by atoms with Crippen molar-refractivity contribution in [1.29, 1.82) is 0 Å². The lowest BCUT2D eigenvalue weighted by molar-refractivity contribution is 0.0390. The summed E-state index contributed by atoms with van der Waals surface area (Å²) < 4.78 is 10.6. The maximum absolute atomic E-state index is 13.0. The fourth-order valence-electron chi connectivity index (χ4n) is 4.28. The van der Waals surface area contributed by atoms with Gasteiger partial charge in [-0.1, -0.05) is 18.0 Å². The van der Waals surface area contributed by atoms with Gasteiger partial charge in [-0.2, -0.15) is 4.98 Å². The van der Waals surface area contributed by atoms with Crippen LogP contribution in [0.2, 0.25) is 0 Å². The quantitative estimate of drug-likeness (QED) is 0.835. The Labute approximate surface area is 153 Å². The summed E-state index contributed by atoms with van der Waals surface area (Å²) in [6.07, 6.45) is 7.38. The molecule has 138 valence electrons. The van der Waals surface area contributed by atoms with Gasteiger partial charge in [0.05, 0.1) is 0 Å². The van der Waals surface area contributed by atoms with E-state index < -0.39 is 0 Å². The summed E-state index contributed by atoms with van der Waals surface area (Å²) in [7, 11) is 0. The van der Waals surface area contributed by atoms with E-state index in [-0.39, 0.29) is 12.5 Å². The molecular formula is C20H25N3O3. The highest BCUT2D eigenvalue weighted by Gasteiger charge is 2.35. The molecule has 0 N–H and O–H groups in total. The fourth-order valence-corrected chi connectivity index (χ4v) is 4.28. The van der Waals surface area contributed by atoms with Crippen LogP contribution in [0.5, 0.6) is 5.75 Å². The third-order valence-corrected chi connectivity index (χ3v) is 5.54. The van der Waals surface area contributed by atoms with Gasteiger partial charge in [0.1, 0.15) is 5.75 Å². The summed E-state index contributed by atoms with van der Waals surface area (Å²) >= 11 is 0. The average Bonchev–Trinajstić information content (AvgIpc) is 3.11. The number of nitrogens with zero attached hydrogens (tertiary/aromatic N) is 3. The second-order valence-corrected chi connectivity index (χ2v) is 7.30. The lowest BCUT2D eigenvalue weighted by Crippen LogP contribution is -2.49. The molecule has 1 saturated heterocycles. The maximum atomic E-state index is 13.0. The molecule has 26 heavy (non-hydrogen) atoms. The molecule has 2 fully saturated rings. The number of piperidine rings is 1. The minimum atomic E-state index is 0.155. The molecule has 1 aromatic carbocycles. The lowest BCUT2D eigenvalue weighted by Gasteiger charge is -2.44. The minimum Gasteiger partial charge on any atom is -0.485 e. The average molecular weight is 355 g/mol. The number of hydrogen-bond donors (Lipinski definition) is 0. The van der Waals surface area contributed by atoms with Crippen LogP contribution in [0.25, 0.3) is 0 Å². The van der Waals surface area contributed by atoms with E-state index in [1.54, 1.807) is 6.92 Å². The molecule has 2 heterocycles. The Kier molecular flexibility index (Phi) is 4.91. The molecule has 0 bridgehead atoms. The van der Waals surface area contributed by atoms with Crippen molar-refractivity contribution in [3.8, 4) is 5.75 Å². The Hall–Kier alpha value is -2.37. The number of carbonyl (C=O) groups is 1. The van der Waals surface area contributed by atoms with E-state index in [0.29, 0.717) is 29.4 Å². The third kappa shape index (κ3) is 3.59. The molecule has 0 spiro atoms. The highest BCUT2D eigenvalue weighted by molar-refractivity contribution is 5.94. The third-order valence-electron chi connectivity index (χ3n) is 5.54. The number of benzene rings is 1. The van der Waals surface area contributed by atoms with Gasteiger partial charge < -0.3 is 14.2 Å². The zero-order chi connectivity index (χ0) is 17.9. The largest absolute Gasteiger partial charge is 0.485 e. The molecule has 6 nitrogen and oxygen atoms in total. The molecule has 0 radical (unpaired) electrons. The predicted octanol–water partition coefficient (Wildman–Crippen LogP) is 3.75. The summed E-state index contributed by atoms with van der Waals surface area (Å²) in [5.74, 6) is 2.58. The zero-order valence-corrected chi connectivity index (χ0v) is 15.2. The van der Waals surface area contributed by atoms with Crippen molar-refractivity contribution in [2.24, 2.45) is 5.92 Å². The monoisotopic (exact) mass is 355 g/mol. The molecule has 2 aliphatic rings. The van der Waals surface area contributed by atoms with Crippen molar-refractivity contribution in [3.63, 3.8) is 0 Å². The number of aromatic nitrogens is 2. The standard InChI is InChI=1S/C20H25N3O3/c1-14-21-19(22-26-14)13-25-17-10-8-16(9-11-17)20(24)23-12-4-6-15-5-2-3-7-18(15)23/h8-11,15,18H,2-7,12-13H2,1H3/t15-,18+/m0/s1. The molecule has 6 heteroatoms. The normalized spacial score (nSPS) is 22.7. The second kappa shape index (κ2) is 7.48. The summed E-state index contributed by atoms with van der Waals surface area (Å²) in [5, 5.41) is 3.80. The van der Waals surface area contributed by atoms with E-state index >= 15 is 0 Å². The molecule has 1 amide bonds. The summed E-state index contributed by atoms with van der Waals surface area (Å²) in [6.45, 7) is 2.88. The first-order valence-corrected chi connectivity index (χ1v) is 9.54. The smallest absolute Gasteiger partial charge is 0.254 e. The van der Waals surface area contributed by atoms with Gasteiger partial charge in [0.2, 0.25) is 11.7 Å². The van der Waals surface area contributed by atoms with Crippen LogP contribution in [0.1, 0.15) is 60.6 Å². The number of amides is 1. The van der Waals surface area contributed by atoms with Crippen LogP contribution in [0.4, 0.5) is 0 Å². The summed E-state index contributed by atoms with van der Waals surface area (Å²) in [6, 6.07) is 7.81. The van der Waals surface area contributed by atoms with Crippen LogP contribution < -0.4 is 4.74 Å². The first-order valence-electron chi connectivity index (χ1n) is 9.54. The SMILES string of the molecule is Cc1nc(COc2ccc(C(=O)N3CCC[C@@H]4CCCC[C@H]43)cc2)no1. The van der Waals surface area contributed by atoms with Crippen molar-refractivity contribution in [2.45, 2.75) is 58.1 Å². The number of hydrogen-bond acceptors (Lipinski definition) is 5. The van der Waals surface area contributed by atoms with E-state index in [9.17, 15) is 4.79 Å². The molecule has 0 unspecified atom stereocenters. The molecule has 2 aromatic rings. The highest BCUT2D eigenvalue weighted by atomic mass is 16.5. The van der Waals surface area contributed by atoms with Gasteiger partial charge in [0.25, 0.3) is 5.91 Å². The van der Waals surface area contributed by atoms with Crippen molar-refractivity contribution >= 4 is 5.91 Å². The summed E-state index contributed by atoms with van der Waals surface area (Å²) in [4.78, 5) is 19.2. The van der Waals surface area contributed by atoms with Gasteiger partial charge in [-0.15, -0.1) is 0 Å². The fraction of sp³-hybridized carbons (Fsp3) is 0.550. The van der Waals surface area contributed by atoms with Crippen molar-refractivity contribution in [1.82, 2.24) is 15.0 Å². The Morgan fingerprint density at radius 1 is 1.19 bits per heavy atom. The van der Waals surface area contributed by atoms with Gasteiger partial charge in [-0.25, -0.2) is 0 Å². The van der Waals surface area contributed by atoms with Gasteiger partial charge in [-0.05, 0) is 55.9 Å². The van der Waals surface area contributed by atoms with Gasteiger partial charge in [0.15, 0.2) is 6.61 Å². The predicted molar refractivity (Wildman–Crippen MR) is 95.8 cm³/mol. The van der Waals surface area contributed by atoms with Crippen LogP contribution in [-0.2, 0) is 6.61 Å². The highest BCUT2D eigenvalue weighted by Crippen LogP contribution is 2.36. The van der Waals surface area contributed by atoms with E-state index in [1.165, 1.54) is 25.7 Å². The Morgan fingerprint density at radius 3 is 2.73 bits per heavy atom. The van der Waals surface area contributed by atoms with Crippen LogP contribution >= 0.6 is 0 Å². The number of fused-ring (bicyclic) bond motifs is 1. The topological polar surface area (TPSA) is 68.5 Å². The van der Waals surface area contributed by atoms with Crippen LogP contribution in [0.15, 0.2) is 28.8 Å². The molecule has 1 aromatic heterocycles. The van der Waals surface area contributed by atoms with E-state index in [1.807, 2.05) is 24.3 Å². The van der Waals surface area contributed by atoms with Crippen LogP contribution in [-0.4, -0.2) is 33.5 Å². The number of carbonyl (C=O) groups excluding carboxylic acids is 1. The van der Waals surface area contributed by atoms with Crippen LogP contribution in [0, 0.1) is 12.8 Å². The molecular weight excluding hydrogens is 330 g/mol.